The van der Waals surface area contributed by atoms with Gasteiger partial charge in [-0.05, 0) is 37.3 Å². The number of rotatable bonds is 6. The molecule has 30 heavy (non-hydrogen) atoms. The van der Waals surface area contributed by atoms with Gasteiger partial charge in [-0.3, -0.25) is 10.00 Å². The Morgan fingerprint density at radius 3 is 2.90 bits per heavy atom. The van der Waals surface area contributed by atoms with Gasteiger partial charge in [0.15, 0.2) is 0 Å². The number of nitrogens with zero attached hydrogens (tertiary/aromatic N) is 4. The van der Waals surface area contributed by atoms with Crippen molar-refractivity contribution in [1.82, 2.24) is 25.1 Å². The van der Waals surface area contributed by atoms with Gasteiger partial charge < -0.3 is 14.8 Å². The van der Waals surface area contributed by atoms with Crippen LogP contribution in [0.3, 0.4) is 0 Å². The summed E-state index contributed by atoms with van der Waals surface area (Å²) in [6, 6.07) is 10.00. The molecule has 1 fully saturated rings. The molecule has 1 saturated heterocycles. The molecule has 2 N–H and O–H groups in total. The molecular formula is C22H24N6O2. The lowest BCUT2D eigenvalue weighted by Gasteiger charge is -2.26. The van der Waals surface area contributed by atoms with Gasteiger partial charge in [-0.25, -0.2) is 9.97 Å². The molecule has 0 radical (unpaired) electrons. The summed E-state index contributed by atoms with van der Waals surface area (Å²) in [5.41, 5.74) is 3.78. The van der Waals surface area contributed by atoms with Gasteiger partial charge in [0.1, 0.15) is 12.4 Å². The number of ether oxygens (including phenoxy) is 2. The van der Waals surface area contributed by atoms with Gasteiger partial charge >= 0.3 is 0 Å². The summed E-state index contributed by atoms with van der Waals surface area (Å²) in [6.07, 6.45) is 3.64. The maximum absolute atomic E-state index is 6.07. The molecule has 0 atom stereocenters. The summed E-state index contributed by atoms with van der Waals surface area (Å²) < 4.78 is 11.5. The number of hydrogen-bond donors (Lipinski definition) is 2. The monoisotopic (exact) mass is 404 g/mol. The molecule has 8 nitrogen and oxygen atoms in total. The smallest absolute Gasteiger partial charge is 0.227 e. The Labute approximate surface area is 174 Å². The summed E-state index contributed by atoms with van der Waals surface area (Å²) >= 11 is 0. The first-order valence-electron chi connectivity index (χ1n) is 10.2. The lowest BCUT2D eigenvalue weighted by atomic mass is 10.1. The number of fused-ring (bicyclic) bond motifs is 2. The van der Waals surface area contributed by atoms with Crippen molar-refractivity contribution in [3.8, 4) is 5.75 Å². The van der Waals surface area contributed by atoms with E-state index in [9.17, 15) is 0 Å². The molecule has 8 heteroatoms. The van der Waals surface area contributed by atoms with Crippen molar-refractivity contribution in [1.29, 1.82) is 0 Å². The minimum atomic E-state index is 0.551. The van der Waals surface area contributed by atoms with Gasteiger partial charge in [-0.1, -0.05) is 0 Å². The van der Waals surface area contributed by atoms with Crippen LogP contribution in [-0.4, -0.2) is 64.5 Å². The Morgan fingerprint density at radius 1 is 1.13 bits per heavy atom. The van der Waals surface area contributed by atoms with Gasteiger partial charge in [0.05, 0.1) is 30.4 Å². The molecule has 154 valence electrons. The Morgan fingerprint density at radius 2 is 2.00 bits per heavy atom. The molecule has 0 spiro atoms. The van der Waals surface area contributed by atoms with Crippen LogP contribution in [0.5, 0.6) is 5.75 Å². The van der Waals surface area contributed by atoms with Gasteiger partial charge in [0.2, 0.25) is 5.95 Å². The van der Waals surface area contributed by atoms with Crippen molar-refractivity contribution in [3.05, 3.63) is 48.3 Å². The normalized spacial score (nSPS) is 15.0. The van der Waals surface area contributed by atoms with Crippen molar-refractivity contribution in [3.63, 3.8) is 0 Å². The van der Waals surface area contributed by atoms with E-state index in [4.69, 9.17) is 14.5 Å². The number of benzene rings is 2. The number of aryl methyl sites for hydroxylation is 1. The second-order valence-electron chi connectivity index (χ2n) is 7.42. The molecule has 0 unspecified atom stereocenters. The second-order valence-corrected chi connectivity index (χ2v) is 7.42. The largest absolute Gasteiger partial charge is 0.492 e. The van der Waals surface area contributed by atoms with Crippen LogP contribution in [0.2, 0.25) is 0 Å². The SMILES string of the molecule is Cc1c(OCCN2CCOCC2)ccc2cnc(Nc3ccc4cn[nH]c4c3)nc12. The quantitative estimate of drug-likeness (QED) is 0.510. The van der Waals surface area contributed by atoms with Crippen molar-refractivity contribution >= 4 is 33.4 Å². The van der Waals surface area contributed by atoms with E-state index in [-0.39, 0.29) is 0 Å². The van der Waals surface area contributed by atoms with Crippen molar-refractivity contribution < 1.29 is 9.47 Å². The number of morpholine rings is 1. The lowest BCUT2D eigenvalue weighted by Crippen LogP contribution is -2.38. The molecule has 0 aliphatic carbocycles. The fourth-order valence-electron chi connectivity index (χ4n) is 3.69. The summed E-state index contributed by atoms with van der Waals surface area (Å²) in [5.74, 6) is 1.41. The number of nitrogens with one attached hydrogen (secondary N) is 2. The highest BCUT2D eigenvalue weighted by Gasteiger charge is 2.12. The van der Waals surface area contributed by atoms with Crippen LogP contribution in [0.4, 0.5) is 11.6 Å². The van der Waals surface area contributed by atoms with Gasteiger partial charge in [-0.15, -0.1) is 0 Å². The van der Waals surface area contributed by atoms with E-state index < -0.39 is 0 Å². The van der Waals surface area contributed by atoms with Gasteiger partial charge in [0.25, 0.3) is 0 Å². The average Bonchev–Trinajstić information content (AvgIpc) is 3.24. The maximum atomic E-state index is 6.07. The van der Waals surface area contributed by atoms with Crippen molar-refractivity contribution in [2.24, 2.45) is 0 Å². The minimum Gasteiger partial charge on any atom is -0.492 e. The van der Waals surface area contributed by atoms with Crippen LogP contribution >= 0.6 is 0 Å². The number of anilines is 2. The molecule has 4 aromatic rings. The first-order valence-corrected chi connectivity index (χ1v) is 10.2. The van der Waals surface area contributed by atoms with Gasteiger partial charge in [-0.2, -0.15) is 5.10 Å². The van der Waals surface area contributed by atoms with E-state index in [1.54, 1.807) is 6.20 Å². The summed E-state index contributed by atoms with van der Waals surface area (Å²) in [5, 5.41) is 12.4. The highest BCUT2D eigenvalue weighted by Crippen LogP contribution is 2.27. The fraction of sp³-hybridized carbons (Fsp3) is 0.318. The topological polar surface area (TPSA) is 88.2 Å². The van der Waals surface area contributed by atoms with E-state index >= 15 is 0 Å². The van der Waals surface area contributed by atoms with Crippen LogP contribution in [-0.2, 0) is 4.74 Å². The summed E-state index contributed by atoms with van der Waals surface area (Å²) in [7, 11) is 0. The predicted molar refractivity (Wildman–Crippen MR) is 116 cm³/mol. The average molecular weight is 404 g/mol. The number of H-pyrrole nitrogens is 1. The second kappa shape index (κ2) is 8.25. The summed E-state index contributed by atoms with van der Waals surface area (Å²) in [6.45, 7) is 7.11. The van der Waals surface area contributed by atoms with Crippen LogP contribution in [0.15, 0.2) is 42.7 Å². The van der Waals surface area contributed by atoms with E-state index in [1.807, 2.05) is 43.5 Å². The maximum Gasteiger partial charge on any atom is 0.227 e. The molecule has 5 rings (SSSR count). The number of hydrogen-bond acceptors (Lipinski definition) is 7. The zero-order chi connectivity index (χ0) is 20.3. The summed E-state index contributed by atoms with van der Waals surface area (Å²) in [4.78, 5) is 11.6. The third kappa shape index (κ3) is 3.92. The van der Waals surface area contributed by atoms with Crippen LogP contribution in [0.25, 0.3) is 21.8 Å². The van der Waals surface area contributed by atoms with E-state index in [0.29, 0.717) is 12.6 Å². The van der Waals surface area contributed by atoms with Crippen molar-refractivity contribution in [2.75, 3.05) is 44.8 Å². The van der Waals surface area contributed by atoms with Crippen LogP contribution in [0.1, 0.15) is 5.56 Å². The Kier molecular flexibility index (Phi) is 5.17. The molecule has 2 aromatic carbocycles. The standard InChI is InChI=1S/C22H24N6O2/c1-15-20(30-11-8-28-6-9-29-10-7-28)5-3-17-13-23-22(26-21(15)17)25-18-4-2-16-14-24-27-19(16)12-18/h2-5,12-14H,6-11H2,1H3,(H,24,27)(H,23,25,26). The molecule has 1 aliphatic rings. The van der Waals surface area contributed by atoms with Crippen LogP contribution < -0.4 is 10.1 Å². The highest BCUT2D eigenvalue weighted by molar-refractivity contribution is 5.85. The fourth-order valence-corrected chi connectivity index (χ4v) is 3.69. The van der Waals surface area contributed by atoms with Crippen molar-refractivity contribution in [2.45, 2.75) is 6.92 Å². The Hall–Kier alpha value is -3.23. The molecule has 3 heterocycles. The Balaban J connectivity index is 1.32. The molecular weight excluding hydrogens is 380 g/mol. The molecule has 0 amide bonds. The third-order valence-electron chi connectivity index (χ3n) is 5.42. The van der Waals surface area contributed by atoms with E-state index in [1.165, 1.54) is 0 Å². The molecule has 2 aromatic heterocycles. The van der Waals surface area contributed by atoms with Gasteiger partial charge in [0, 0.05) is 47.9 Å². The Bertz CT molecular complexity index is 1170. The van der Waals surface area contributed by atoms with E-state index in [2.05, 4.69) is 25.4 Å². The highest BCUT2D eigenvalue weighted by atomic mass is 16.5. The zero-order valence-electron chi connectivity index (χ0n) is 16.9. The van der Waals surface area contributed by atoms with Crippen LogP contribution in [0, 0.1) is 6.92 Å². The first-order chi connectivity index (χ1) is 14.8. The first kappa shape index (κ1) is 18.8. The molecule has 0 bridgehead atoms. The van der Waals surface area contributed by atoms with E-state index in [0.717, 1.165) is 71.7 Å². The number of aromatic amines is 1. The predicted octanol–water partition coefficient (Wildman–Crippen LogP) is 3.27. The minimum absolute atomic E-state index is 0.551. The number of aromatic nitrogens is 4. The third-order valence-corrected chi connectivity index (χ3v) is 5.42. The molecule has 0 saturated carbocycles. The lowest BCUT2D eigenvalue weighted by molar-refractivity contribution is 0.0322. The zero-order valence-corrected chi connectivity index (χ0v) is 16.9. The molecule has 1 aliphatic heterocycles.